The largest absolute Gasteiger partial charge is 0.456 e. The molecule has 0 N–H and O–H groups in total. The average molecular weight is 668 g/mol. The second-order valence-corrected chi connectivity index (χ2v) is 14.3. The van der Waals surface area contributed by atoms with Crippen molar-refractivity contribution in [2.45, 2.75) is 0 Å². The van der Waals surface area contributed by atoms with Gasteiger partial charge in [0.2, 0.25) is 0 Å². The number of hydrogen-bond donors (Lipinski definition) is 0. The summed E-state index contributed by atoms with van der Waals surface area (Å²) in [5, 5.41) is 7.35. The minimum Gasteiger partial charge on any atom is -0.456 e. The van der Waals surface area contributed by atoms with Gasteiger partial charge in [0.05, 0.1) is 21.4 Å². The molecule has 0 atom stereocenters. The summed E-state index contributed by atoms with van der Waals surface area (Å²) in [6.45, 7) is 0. The van der Waals surface area contributed by atoms with Crippen LogP contribution in [0, 0.1) is 0 Å². The number of thiophene rings is 1. The zero-order valence-corrected chi connectivity index (χ0v) is 28.3. The highest BCUT2D eigenvalue weighted by atomic mass is 32.1. The summed E-state index contributed by atoms with van der Waals surface area (Å²) in [5.41, 5.74) is 12.7. The van der Waals surface area contributed by atoms with Crippen molar-refractivity contribution in [2.75, 3.05) is 0 Å². The Morgan fingerprint density at radius 2 is 1.06 bits per heavy atom. The minimum absolute atomic E-state index is 0.911. The van der Waals surface area contributed by atoms with Crippen molar-refractivity contribution >= 4 is 75.3 Å². The number of para-hydroxylation sites is 2. The van der Waals surface area contributed by atoms with E-state index in [2.05, 4.69) is 174 Å². The standard InChI is InChI=1S/C48H29NOS/c1-3-13-30(14-4-1)32-25-26-36-35-17-7-9-21-41(35)49(43(36)29-32)42-22-11-20-37-40-28-33(27-39(47(40)51-48(37)42)31-15-5-2-6-16-31)34-19-12-24-45-46(34)38-18-8-10-23-44(38)50-45/h1-29H. The van der Waals surface area contributed by atoms with Crippen LogP contribution in [-0.4, -0.2) is 4.57 Å². The Bertz CT molecular complexity index is 3130. The Kier molecular flexibility index (Phi) is 6.16. The Balaban J connectivity index is 1.23. The molecule has 0 fully saturated rings. The number of hydrogen-bond acceptors (Lipinski definition) is 2. The van der Waals surface area contributed by atoms with Crippen LogP contribution in [-0.2, 0) is 0 Å². The summed E-state index contributed by atoms with van der Waals surface area (Å²) in [7, 11) is 0. The fourth-order valence-electron chi connectivity index (χ4n) is 8.10. The molecule has 0 saturated heterocycles. The summed E-state index contributed by atoms with van der Waals surface area (Å²) >= 11 is 1.90. The first-order valence-electron chi connectivity index (χ1n) is 17.3. The number of rotatable bonds is 4. The van der Waals surface area contributed by atoms with E-state index in [9.17, 15) is 0 Å². The lowest BCUT2D eigenvalue weighted by Gasteiger charge is -2.11. The lowest BCUT2D eigenvalue weighted by atomic mass is 9.93. The van der Waals surface area contributed by atoms with Crippen molar-refractivity contribution in [2.24, 2.45) is 0 Å². The number of nitrogens with zero attached hydrogens (tertiary/aromatic N) is 1. The Labute approximate surface area is 298 Å². The maximum Gasteiger partial charge on any atom is 0.136 e. The molecule has 3 aromatic heterocycles. The maximum atomic E-state index is 6.34. The SMILES string of the molecule is c1ccc(-c2ccc3c4ccccc4n(-c4cccc5c4sc4c(-c6ccccc6)cc(-c6cccc7oc8ccccc8c67)cc45)c3c2)cc1. The second kappa shape index (κ2) is 11.0. The predicted molar refractivity (Wildman–Crippen MR) is 217 cm³/mol. The summed E-state index contributed by atoms with van der Waals surface area (Å²) in [4.78, 5) is 0. The summed E-state index contributed by atoms with van der Waals surface area (Å²) in [6, 6.07) is 63.6. The van der Waals surface area contributed by atoms with Crippen LogP contribution >= 0.6 is 11.3 Å². The third kappa shape index (κ3) is 4.29. The third-order valence-corrected chi connectivity index (χ3v) is 11.7. The van der Waals surface area contributed by atoms with Gasteiger partial charge in [0.25, 0.3) is 0 Å². The molecule has 2 nitrogen and oxygen atoms in total. The number of furan rings is 1. The third-order valence-electron chi connectivity index (χ3n) is 10.4. The molecule has 0 amide bonds. The van der Waals surface area contributed by atoms with Gasteiger partial charge in [-0.15, -0.1) is 11.3 Å². The Morgan fingerprint density at radius 3 is 1.92 bits per heavy atom. The van der Waals surface area contributed by atoms with Crippen molar-refractivity contribution in [3.63, 3.8) is 0 Å². The van der Waals surface area contributed by atoms with E-state index in [1.54, 1.807) is 0 Å². The van der Waals surface area contributed by atoms with E-state index >= 15 is 0 Å². The quantitative estimate of drug-likeness (QED) is 0.183. The van der Waals surface area contributed by atoms with E-state index in [-0.39, 0.29) is 0 Å². The molecule has 0 spiro atoms. The molecule has 11 rings (SSSR count). The highest BCUT2D eigenvalue weighted by Crippen LogP contribution is 2.47. The molecule has 238 valence electrons. The van der Waals surface area contributed by atoms with Gasteiger partial charge < -0.3 is 8.98 Å². The van der Waals surface area contributed by atoms with Crippen LogP contribution in [0.4, 0.5) is 0 Å². The van der Waals surface area contributed by atoms with Crippen molar-refractivity contribution in [3.8, 4) is 39.1 Å². The molecule has 0 radical (unpaired) electrons. The highest BCUT2D eigenvalue weighted by Gasteiger charge is 2.21. The first-order valence-corrected chi connectivity index (χ1v) is 18.2. The molecule has 0 bridgehead atoms. The molecule has 3 heteroatoms. The Morgan fingerprint density at radius 1 is 0.373 bits per heavy atom. The van der Waals surface area contributed by atoms with E-state index in [1.165, 1.54) is 81.0 Å². The molecule has 0 aliphatic carbocycles. The van der Waals surface area contributed by atoms with Gasteiger partial charge in [-0.1, -0.05) is 133 Å². The molecule has 0 saturated carbocycles. The number of fused-ring (bicyclic) bond motifs is 9. The van der Waals surface area contributed by atoms with Crippen molar-refractivity contribution in [1.82, 2.24) is 4.57 Å². The zero-order chi connectivity index (χ0) is 33.5. The molecule has 51 heavy (non-hydrogen) atoms. The summed E-state index contributed by atoms with van der Waals surface area (Å²) < 4.78 is 11.4. The molecule has 8 aromatic carbocycles. The van der Waals surface area contributed by atoms with Gasteiger partial charge >= 0.3 is 0 Å². The van der Waals surface area contributed by atoms with Gasteiger partial charge in [-0.3, -0.25) is 0 Å². The van der Waals surface area contributed by atoms with Gasteiger partial charge in [0, 0.05) is 42.6 Å². The molecule has 0 unspecified atom stereocenters. The van der Waals surface area contributed by atoms with E-state index in [4.69, 9.17) is 4.42 Å². The van der Waals surface area contributed by atoms with Crippen molar-refractivity contribution in [3.05, 3.63) is 176 Å². The normalized spacial score (nSPS) is 11.9. The molecular weight excluding hydrogens is 639 g/mol. The first-order chi connectivity index (χ1) is 25.3. The van der Waals surface area contributed by atoms with Gasteiger partial charge in [0.1, 0.15) is 11.2 Å². The average Bonchev–Trinajstić information content (AvgIpc) is 3.88. The summed E-state index contributed by atoms with van der Waals surface area (Å²) in [5.74, 6) is 0. The van der Waals surface area contributed by atoms with E-state index in [1.807, 2.05) is 17.4 Å². The monoisotopic (exact) mass is 667 g/mol. The van der Waals surface area contributed by atoms with Crippen LogP contribution in [0.3, 0.4) is 0 Å². The lowest BCUT2D eigenvalue weighted by Crippen LogP contribution is -1.94. The molecule has 11 aromatic rings. The van der Waals surface area contributed by atoms with Crippen LogP contribution in [0.25, 0.3) is 103 Å². The minimum atomic E-state index is 0.911. The van der Waals surface area contributed by atoms with Crippen LogP contribution in [0.15, 0.2) is 180 Å². The fraction of sp³-hybridized carbons (Fsp3) is 0. The van der Waals surface area contributed by atoms with Crippen LogP contribution in [0.1, 0.15) is 0 Å². The maximum absolute atomic E-state index is 6.34. The zero-order valence-electron chi connectivity index (χ0n) is 27.5. The van der Waals surface area contributed by atoms with Crippen LogP contribution in [0.5, 0.6) is 0 Å². The van der Waals surface area contributed by atoms with Gasteiger partial charge in [-0.2, -0.15) is 0 Å². The predicted octanol–water partition coefficient (Wildman–Crippen LogP) is 14.1. The number of benzene rings is 8. The summed E-state index contributed by atoms with van der Waals surface area (Å²) in [6.07, 6.45) is 0. The molecule has 3 heterocycles. The smallest absolute Gasteiger partial charge is 0.136 e. The topological polar surface area (TPSA) is 18.1 Å². The highest BCUT2D eigenvalue weighted by molar-refractivity contribution is 7.26. The fourth-order valence-corrected chi connectivity index (χ4v) is 9.43. The van der Waals surface area contributed by atoms with Crippen LogP contribution in [0.2, 0.25) is 0 Å². The molecule has 0 aliphatic heterocycles. The van der Waals surface area contributed by atoms with Crippen LogP contribution < -0.4 is 0 Å². The van der Waals surface area contributed by atoms with E-state index in [0.29, 0.717) is 0 Å². The number of aromatic nitrogens is 1. The lowest BCUT2D eigenvalue weighted by molar-refractivity contribution is 0.669. The first kappa shape index (κ1) is 28.4. The van der Waals surface area contributed by atoms with Gasteiger partial charge in [-0.05, 0) is 70.3 Å². The second-order valence-electron chi connectivity index (χ2n) is 13.2. The Hall–Kier alpha value is -6.42. The van der Waals surface area contributed by atoms with E-state index in [0.717, 1.165) is 21.9 Å². The van der Waals surface area contributed by atoms with Gasteiger partial charge in [0.15, 0.2) is 0 Å². The molecule has 0 aliphatic rings. The van der Waals surface area contributed by atoms with Gasteiger partial charge in [-0.25, -0.2) is 0 Å². The van der Waals surface area contributed by atoms with Crippen molar-refractivity contribution < 1.29 is 4.42 Å². The van der Waals surface area contributed by atoms with E-state index < -0.39 is 0 Å². The molecular formula is C48H29NOS. The van der Waals surface area contributed by atoms with Crippen molar-refractivity contribution in [1.29, 1.82) is 0 Å².